The van der Waals surface area contributed by atoms with E-state index in [-0.39, 0.29) is 17.9 Å². The number of carbonyl (C=O) groups excluding carboxylic acids is 2. The van der Waals surface area contributed by atoms with Crippen molar-refractivity contribution in [2.24, 2.45) is 0 Å². The number of carbonyl (C=O) groups is 2. The number of hydrogen-bond acceptors (Lipinski definition) is 4. The molecule has 1 N–H and O–H groups in total. The van der Waals surface area contributed by atoms with Gasteiger partial charge in [-0.1, -0.05) is 6.07 Å². The number of benzene rings is 1. The minimum atomic E-state index is -0.584. The molecule has 0 unspecified atom stereocenters. The zero-order chi connectivity index (χ0) is 16.4. The number of methoxy groups -OCH3 is 1. The van der Waals surface area contributed by atoms with E-state index in [1.54, 1.807) is 30.1 Å². The van der Waals surface area contributed by atoms with Gasteiger partial charge >= 0.3 is 0 Å². The van der Waals surface area contributed by atoms with E-state index < -0.39 is 17.6 Å². The minimum absolute atomic E-state index is 0.0101. The summed E-state index contributed by atoms with van der Waals surface area (Å²) in [7, 11) is 1.58. The lowest BCUT2D eigenvalue weighted by Gasteiger charge is -2.28. The van der Waals surface area contributed by atoms with Crippen molar-refractivity contribution < 1.29 is 18.7 Å². The highest BCUT2D eigenvalue weighted by atomic mass is 19.1. The highest BCUT2D eigenvalue weighted by Crippen LogP contribution is 2.32. The topological polar surface area (TPSA) is 76.5 Å². The molecular formula is C15H15FN4O3. The number of ether oxygens (including phenoxy) is 1. The molecular weight excluding hydrogens is 303 g/mol. The molecule has 1 aromatic heterocycles. The Balaban J connectivity index is 1.89. The van der Waals surface area contributed by atoms with Crippen molar-refractivity contribution in [1.82, 2.24) is 9.78 Å². The van der Waals surface area contributed by atoms with Crippen LogP contribution in [0.5, 0.6) is 0 Å². The van der Waals surface area contributed by atoms with Crippen LogP contribution >= 0.6 is 0 Å². The van der Waals surface area contributed by atoms with Gasteiger partial charge in [-0.15, -0.1) is 0 Å². The summed E-state index contributed by atoms with van der Waals surface area (Å²) in [5.41, 5.74) is 0.517. The quantitative estimate of drug-likeness (QED) is 0.921. The van der Waals surface area contributed by atoms with E-state index in [4.69, 9.17) is 4.74 Å². The minimum Gasteiger partial charge on any atom is -0.383 e. The third-order valence-electron chi connectivity index (χ3n) is 3.48. The van der Waals surface area contributed by atoms with Crippen LogP contribution < -0.4 is 10.2 Å². The summed E-state index contributed by atoms with van der Waals surface area (Å²) in [5.74, 6) is -1.49. The van der Waals surface area contributed by atoms with E-state index >= 15 is 0 Å². The van der Waals surface area contributed by atoms with Gasteiger partial charge in [-0.05, 0) is 18.2 Å². The zero-order valence-corrected chi connectivity index (χ0v) is 12.5. The van der Waals surface area contributed by atoms with Gasteiger partial charge in [0.25, 0.3) is 5.91 Å². The number of halogens is 1. The Labute approximate surface area is 131 Å². The summed E-state index contributed by atoms with van der Waals surface area (Å²) in [6.45, 7) is 0.797. The number of para-hydroxylation sites is 1. The van der Waals surface area contributed by atoms with Gasteiger partial charge in [0.2, 0.25) is 5.91 Å². The maximum absolute atomic E-state index is 13.8. The first-order valence-electron chi connectivity index (χ1n) is 7.03. The Morgan fingerprint density at radius 1 is 1.43 bits per heavy atom. The maximum Gasteiger partial charge on any atom is 0.279 e. The van der Waals surface area contributed by atoms with Crippen molar-refractivity contribution in [3.05, 3.63) is 42.0 Å². The van der Waals surface area contributed by atoms with Crippen molar-refractivity contribution in [2.45, 2.75) is 6.54 Å². The molecule has 0 atom stereocenters. The first kappa shape index (κ1) is 15.2. The fourth-order valence-electron chi connectivity index (χ4n) is 2.37. The van der Waals surface area contributed by atoms with E-state index in [0.717, 1.165) is 0 Å². The highest BCUT2D eigenvalue weighted by molar-refractivity contribution is 6.14. The van der Waals surface area contributed by atoms with Crippen LogP contribution in [-0.4, -0.2) is 41.9 Å². The van der Waals surface area contributed by atoms with E-state index in [1.807, 2.05) is 0 Å². The van der Waals surface area contributed by atoms with Gasteiger partial charge in [-0.2, -0.15) is 5.10 Å². The van der Waals surface area contributed by atoms with Crippen LogP contribution in [0, 0.1) is 5.82 Å². The molecule has 23 heavy (non-hydrogen) atoms. The normalized spacial score (nSPS) is 13.7. The smallest absolute Gasteiger partial charge is 0.279 e. The average molecular weight is 318 g/mol. The van der Waals surface area contributed by atoms with Crippen LogP contribution in [0.1, 0.15) is 10.5 Å². The monoisotopic (exact) mass is 318 g/mol. The van der Waals surface area contributed by atoms with Crippen molar-refractivity contribution in [3.8, 4) is 0 Å². The van der Waals surface area contributed by atoms with E-state index in [0.29, 0.717) is 18.8 Å². The standard InChI is InChI=1S/C15H15FN4O3/c1-23-8-7-19-6-5-11(18-19)15(22)20-9-13(21)17-14-10(16)3-2-4-12(14)20/h2-6H,7-9H2,1H3,(H,17,21). The number of anilines is 2. The number of aromatic nitrogens is 2. The summed E-state index contributed by atoms with van der Waals surface area (Å²) in [4.78, 5) is 25.6. The van der Waals surface area contributed by atoms with Gasteiger partial charge in [0, 0.05) is 13.3 Å². The molecule has 2 heterocycles. The van der Waals surface area contributed by atoms with Crippen LogP contribution in [-0.2, 0) is 16.1 Å². The average Bonchev–Trinajstić information content (AvgIpc) is 3.01. The molecule has 2 aromatic rings. The molecule has 2 amide bonds. The largest absolute Gasteiger partial charge is 0.383 e. The fraction of sp³-hybridized carbons (Fsp3) is 0.267. The Kier molecular flexibility index (Phi) is 4.07. The molecule has 0 saturated heterocycles. The summed E-state index contributed by atoms with van der Waals surface area (Å²) in [6, 6.07) is 5.86. The summed E-state index contributed by atoms with van der Waals surface area (Å²) in [5, 5.41) is 6.61. The van der Waals surface area contributed by atoms with Crippen molar-refractivity contribution in [2.75, 3.05) is 30.5 Å². The van der Waals surface area contributed by atoms with Gasteiger partial charge in [0.15, 0.2) is 5.69 Å². The van der Waals surface area contributed by atoms with Crippen LogP contribution in [0.15, 0.2) is 30.5 Å². The SMILES string of the molecule is COCCn1ccc(C(=O)N2CC(=O)Nc3c(F)cccc32)n1. The Bertz CT molecular complexity index is 759. The summed E-state index contributed by atoms with van der Waals surface area (Å²) in [6.07, 6.45) is 1.66. The highest BCUT2D eigenvalue weighted by Gasteiger charge is 2.30. The molecule has 7 nitrogen and oxygen atoms in total. The third-order valence-corrected chi connectivity index (χ3v) is 3.48. The maximum atomic E-state index is 13.8. The molecule has 0 fully saturated rings. The Morgan fingerprint density at radius 2 is 2.26 bits per heavy atom. The molecule has 1 aromatic carbocycles. The van der Waals surface area contributed by atoms with Gasteiger partial charge in [-0.3, -0.25) is 19.2 Å². The number of nitrogens with zero attached hydrogens (tertiary/aromatic N) is 3. The molecule has 0 saturated carbocycles. The van der Waals surface area contributed by atoms with Crippen LogP contribution in [0.25, 0.3) is 0 Å². The zero-order valence-electron chi connectivity index (χ0n) is 12.5. The van der Waals surface area contributed by atoms with Gasteiger partial charge < -0.3 is 10.1 Å². The lowest BCUT2D eigenvalue weighted by Crippen LogP contribution is -2.42. The van der Waals surface area contributed by atoms with Crippen molar-refractivity contribution in [1.29, 1.82) is 0 Å². The Morgan fingerprint density at radius 3 is 3.04 bits per heavy atom. The van der Waals surface area contributed by atoms with Gasteiger partial charge in [0.05, 0.1) is 18.8 Å². The Hall–Kier alpha value is -2.74. The predicted octanol–water partition coefficient (Wildman–Crippen LogP) is 1.27. The van der Waals surface area contributed by atoms with Crippen molar-refractivity contribution >= 4 is 23.2 Å². The third kappa shape index (κ3) is 2.93. The second kappa shape index (κ2) is 6.17. The van der Waals surface area contributed by atoms with Crippen LogP contribution in [0.4, 0.5) is 15.8 Å². The van der Waals surface area contributed by atoms with E-state index in [1.165, 1.54) is 17.0 Å². The first-order chi connectivity index (χ1) is 11.1. The molecule has 0 aliphatic carbocycles. The molecule has 0 bridgehead atoms. The summed E-state index contributed by atoms with van der Waals surface area (Å²) < 4.78 is 20.4. The molecule has 1 aliphatic heterocycles. The van der Waals surface area contributed by atoms with Crippen molar-refractivity contribution in [3.63, 3.8) is 0 Å². The molecule has 3 rings (SSSR count). The number of amides is 2. The fourth-order valence-corrected chi connectivity index (χ4v) is 2.37. The van der Waals surface area contributed by atoms with Crippen LogP contribution in [0.2, 0.25) is 0 Å². The molecule has 8 heteroatoms. The second-order valence-corrected chi connectivity index (χ2v) is 5.03. The first-order valence-corrected chi connectivity index (χ1v) is 7.03. The molecule has 1 aliphatic rings. The number of fused-ring (bicyclic) bond motifs is 1. The lowest BCUT2D eigenvalue weighted by molar-refractivity contribution is -0.115. The van der Waals surface area contributed by atoms with Gasteiger partial charge in [-0.25, -0.2) is 4.39 Å². The number of nitrogens with one attached hydrogen (secondary N) is 1. The number of hydrogen-bond donors (Lipinski definition) is 1. The predicted molar refractivity (Wildman–Crippen MR) is 80.8 cm³/mol. The lowest BCUT2D eigenvalue weighted by atomic mass is 10.1. The molecule has 120 valence electrons. The van der Waals surface area contributed by atoms with E-state index in [9.17, 15) is 14.0 Å². The second-order valence-electron chi connectivity index (χ2n) is 5.03. The van der Waals surface area contributed by atoms with Crippen LogP contribution in [0.3, 0.4) is 0 Å². The van der Waals surface area contributed by atoms with Gasteiger partial charge in [0.1, 0.15) is 18.0 Å². The van der Waals surface area contributed by atoms with E-state index in [2.05, 4.69) is 10.4 Å². The molecule has 0 radical (unpaired) electrons. The summed E-state index contributed by atoms with van der Waals surface area (Å²) >= 11 is 0. The molecule has 0 spiro atoms. The number of rotatable bonds is 4.